The highest BCUT2D eigenvalue weighted by atomic mass is 16.5. The average molecular weight is 381 g/mol. The average Bonchev–Trinajstić information content (AvgIpc) is 3.03. The number of nitrogens with zero attached hydrogens (tertiary/aromatic N) is 1. The molecule has 0 aliphatic carbocycles. The van der Waals surface area contributed by atoms with Crippen molar-refractivity contribution >= 4 is 5.91 Å². The van der Waals surface area contributed by atoms with Crippen LogP contribution < -0.4 is 10.5 Å². The van der Waals surface area contributed by atoms with Crippen molar-refractivity contribution in [2.45, 2.75) is 39.0 Å². The molecule has 1 unspecified atom stereocenters. The Morgan fingerprint density at radius 2 is 1.89 bits per heavy atom. The van der Waals surface area contributed by atoms with E-state index in [0.29, 0.717) is 5.75 Å². The lowest BCUT2D eigenvalue weighted by Gasteiger charge is -2.32. The van der Waals surface area contributed by atoms with Crippen molar-refractivity contribution in [1.29, 1.82) is 0 Å². The Balaban J connectivity index is 1.89. The van der Waals surface area contributed by atoms with E-state index >= 15 is 0 Å². The molecule has 4 heteroatoms. The van der Waals surface area contributed by atoms with Crippen LogP contribution >= 0.6 is 0 Å². The predicted molar refractivity (Wildman–Crippen MR) is 113 cm³/mol. The van der Waals surface area contributed by atoms with E-state index in [1.807, 2.05) is 12.1 Å². The largest absolute Gasteiger partial charge is 0.484 e. The number of amides is 1. The summed E-state index contributed by atoms with van der Waals surface area (Å²) in [5, 5.41) is 0. The normalized spacial score (nSPS) is 20.2. The number of benzene rings is 2. The van der Waals surface area contributed by atoms with Crippen LogP contribution in [0.3, 0.4) is 0 Å². The maximum Gasteiger partial charge on any atom is 0.255 e. The summed E-state index contributed by atoms with van der Waals surface area (Å²) in [7, 11) is 0. The minimum absolute atomic E-state index is 0.0404. The third kappa shape index (κ3) is 5.35. The highest BCUT2D eigenvalue weighted by molar-refractivity contribution is 5.75. The number of hydrogen-bond donors (Lipinski definition) is 1. The maximum absolute atomic E-state index is 11.1. The Bertz CT molecular complexity index is 798. The molecule has 2 aromatic rings. The number of likely N-dealkylation sites (tertiary alicyclic amines) is 1. The molecule has 0 aromatic heterocycles. The molecule has 0 radical (unpaired) electrons. The Labute approximate surface area is 168 Å². The third-order valence-corrected chi connectivity index (χ3v) is 5.34. The SMILES string of the molecule is CC(C)(C)CN1CCC(Cc2ccccc2)(c2cccc(OCC(N)=O)c2)C1. The molecular weight excluding hydrogens is 348 g/mol. The maximum atomic E-state index is 11.1. The van der Waals surface area contributed by atoms with Crippen LogP contribution in [0, 0.1) is 5.41 Å². The van der Waals surface area contributed by atoms with E-state index < -0.39 is 5.91 Å². The summed E-state index contributed by atoms with van der Waals surface area (Å²) in [6, 6.07) is 18.9. The van der Waals surface area contributed by atoms with Crippen molar-refractivity contribution < 1.29 is 9.53 Å². The van der Waals surface area contributed by atoms with Crippen LogP contribution in [0.15, 0.2) is 54.6 Å². The molecule has 1 atom stereocenters. The van der Waals surface area contributed by atoms with Crippen LogP contribution in [0.4, 0.5) is 0 Å². The number of ether oxygens (including phenoxy) is 1. The Hall–Kier alpha value is -2.33. The molecule has 0 spiro atoms. The first kappa shape index (κ1) is 20.4. The summed E-state index contributed by atoms with van der Waals surface area (Å²) in [6.07, 6.45) is 2.10. The highest BCUT2D eigenvalue weighted by Crippen LogP contribution is 2.40. The van der Waals surface area contributed by atoms with Gasteiger partial charge < -0.3 is 15.4 Å². The first-order valence-corrected chi connectivity index (χ1v) is 10.0. The van der Waals surface area contributed by atoms with E-state index in [9.17, 15) is 4.79 Å². The van der Waals surface area contributed by atoms with E-state index in [2.05, 4.69) is 68.1 Å². The van der Waals surface area contributed by atoms with Gasteiger partial charge in [-0.25, -0.2) is 0 Å². The van der Waals surface area contributed by atoms with Gasteiger partial charge in [-0.2, -0.15) is 0 Å². The van der Waals surface area contributed by atoms with Gasteiger partial charge in [-0.3, -0.25) is 4.79 Å². The smallest absolute Gasteiger partial charge is 0.255 e. The minimum Gasteiger partial charge on any atom is -0.484 e. The summed E-state index contributed by atoms with van der Waals surface area (Å²) < 4.78 is 5.58. The van der Waals surface area contributed by atoms with Gasteiger partial charge in [0.1, 0.15) is 5.75 Å². The van der Waals surface area contributed by atoms with Crippen molar-refractivity contribution in [2.75, 3.05) is 26.2 Å². The van der Waals surface area contributed by atoms with Gasteiger partial charge >= 0.3 is 0 Å². The first-order valence-electron chi connectivity index (χ1n) is 10.0. The fourth-order valence-corrected chi connectivity index (χ4v) is 4.30. The van der Waals surface area contributed by atoms with Crippen molar-refractivity contribution in [3.05, 3.63) is 65.7 Å². The van der Waals surface area contributed by atoms with Gasteiger partial charge in [0.2, 0.25) is 0 Å². The lowest BCUT2D eigenvalue weighted by atomic mass is 9.75. The highest BCUT2D eigenvalue weighted by Gasteiger charge is 2.40. The molecular formula is C24H32N2O2. The number of hydrogen-bond acceptors (Lipinski definition) is 3. The van der Waals surface area contributed by atoms with Crippen molar-refractivity contribution in [1.82, 2.24) is 4.90 Å². The topological polar surface area (TPSA) is 55.6 Å². The van der Waals surface area contributed by atoms with Gasteiger partial charge in [0, 0.05) is 18.5 Å². The number of rotatable bonds is 7. The van der Waals surface area contributed by atoms with Crippen LogP contribution in [-0.4, -0.2) is 37.0 Å². The zero-order valence-corrected chi connectivity index (χ0v) is 17.3. The molecule has 1 amide bonds. The molecule has 1 fully saturated rings. The molecule has 0 saturated carbocycles. The molecule has 4 nitrogen and oxygen atoms in total. The van der Waals surface area contributed by atoms with E-state index in [4.69, 9.17) is 10.5 Å². The summed E-state index contributed by atoms with van der Waals surface area (Å²) >= 11 is 0. The summed E-state index contributed by atoms with van der Waals surface area (Å²) in [5.41, 5.74) is 8.17. The minimum atomic E-state index is -0.457. The molecule has 1 heterocycles. The van der Waals surface area contributed by atoms with Crippen LogP contribution in [0.25, 0.3) is 0 Å². The molecule has 1 saturated heterocycles. The number of carbonyl (C=O) groups is 1. The second kappa shape index (κ2) is 8.36. The fourth-order valence-electron chi connectivity index (χ4n) is 4.30. The monoisotopic (exact) mass is 380 g/mol. The fraction of sp³-hybridized carbons (Fsp3) is 0.458. The van der Waals surface area contributed by atoms with Gasteiger partial charge in [0.25, 0.3) is 5.91 Å². The van der Waals surface area contributed by atoms with Crippen molar-refractivity contribution in [2.24, 2.45) is 11.1 Å². The second-order valence-corrected chi connectivity index (χ2v) is 9.25. The Kier molecular flexibility index (Phi) is 6.09. The molecule has 28 heavy (non-hydrogen) atoms. The van der Waals surface area contributed by atoms with Crippen LogP contribution in [0.5, 0.6) is 5.75 Å². The number of carbonyl (C=O) groups excluding carboxylic acids is 1. The number of primary amides is 1. The lowest BCUT2D eigenvalue weighted by molar-refractivity contribution is -0.119. The second-order valence-electron chi connectivity index (χ2n) is 9.25. The van der Waals surface area contributed by atoms with Crippen molar-refractivity contribution in [3.8, 4) is 5.75 Å². The van der Waals surface area contributed by atoms with Gasteiger partial charge in [-0.1, -0.05) is 63.2 Å². The predicted octanol–water partition coefficient (Wildman–Crippen LogP) is 3.78. The van der Waals surface area contributed by atoms with Crippen LogP contribution in [0.1, 0.15) is 38.3 Å². The van der Waals surface area contributed by atoms with Crippen LogP contribution in [-0.2, 0) is 16.6 Å². The lowest BCUT2D eigenvalue weighted by Crippen LogP contribution is -2.36. The van der Waals surface area contributed by atoms with Gasteiger partial charge in [-0.05, 0) is 48.1 Å². The Morgan fingerprint density at radius 3 is 2.57 bits per heavy atom. The molecule has 1 aliphatic heterocycles. The van der Waals surface area contributed by atoms with E-state index in [1.165, 1.54) is 11.1 Å². The molecule has 2 N–H and O–H groups in total. The zero-order valence-electron chi connectivity index (χ0n) is 17.3. The van der Waals surface area contributed by atoms with Gasteiger partial charge in [-0.15, -0.1) is 0 Å². The summed E-state index contributed by atoms with van der Waals surface area (Å²) in [6.45, 7) is 10.00. The molecule has 150 valence electrons. The molecule has 1 aliphatic rings. The van der Waals surface area contributed by atoms with Crippen molar-refractivity contribution in [3.63, 3.8) is 0 Å². The Morgan fingerprint density at radius 1 is 1.14 bits per heavy atom. The zero-order chi connectivity index (χ0) is 20.2. The first-order chi connectivity index (χ1) is 13.3. The van der Waals surface area contributed by atoms with E-state index in [-0.39, 0.29) is 17.4 Å². The van der Waals surface area contributed by atoms with Gasteiger partial charge in [0.15, 0.2) is 6.61 Å². The van der Waals surface area contributed by atoms with E-state index in [0.717, 1.165) is 32.5 Å². The third-order valence-electron chi connectivity index (χ3n) is 5.34. The molecule has 0 bridgehead atoms. The standard InChI is InChI=1S/C24H32N2O2/c1-23(2,3)17-26-13-12-24(18-26,15-19-8-5-4-6-9-19)20-10-7-11-21(14-20)28-16-22(25)27/h4-11,14H,12-13,15-18H2,1-3H3,(H2,25,27). The van der Waals surface area contributed by atoms with Crippen LogP contribution in [0.2, 0.25) is 0 Å². The van der Waals surface area contributed by atoms with Gasteiger partial charge in [0.05, 0.1) is 0 Å². The summed E-state index contributed by atoms with van der Waals surface area (Å²) in [4.78, 5) is 13.7. The molecule has 2 aromatic carbocycles. The molecule has 3 rings (SSSR count). The summed E-state index contributed by atoms with van der Waals surface area (Å²) in [5.74, 6) is 0.250. The quantitative estimate of drug-likeness (QED) is 0.795. The van der Waals surface area contributed by atoms with E-state index in [1.54, 1.807) is 0 Å². The number of nitrogens with two attached hydrogens (primary N) is 1.